The van der Waals surface area contributed by atoms with Gasteiger partial charge in [-0.2, -0.15) is 0 Å². The maximum Gasteiger partial charge on any atom is 0.144 e. The van der Waals surface area contributed by atoms with Gasteiger partial charge < -0.3 is 10.1 Å². The highest BCUT2D eigenvalue weighted by Gasteiger charge is 1.99. The maximum atomic E-state index is 5.12. The number of nitrogens with zero attached hydrogens (tertiary/aromatic N) is 2. The second-order valence-corrected chi connectivity index (χ2v) is 4.66. The van der Waals surface area contributed by atoms with Crippen LogP contribution in [0.5, 0.6) is 5.75 Å². The van der Waals surface area contributed by atoms with Gasteiger partial charge in [0.25, 0.3) is 0 Å². The van der Waals surface area contributed by atoms with E-state index in [1.165, 1.54) is 4.90 Å². The minimum absolute atomic E-state index is 0.785. The van der Waals surface area contributed by atoms with Crippen LogP contribution in [0.2, 0.25) is 0 Å². The Hall–Kier alpha value is -1.75. The van der Waals surface area contributed by atoms with Crippen molar-refractivity contribution in [2.24, 2.45) is 0 Å². The molecule has 0 spiro atoms. The molecule has 0 aliphatic heterocycles. The van der Waals surface area contributed by atoms with Crippen LogP contribution in [-0.4, -0.2) is 24.1 Å². The van der Waals surface area contributed by atoms with E-state index in [0.717, 1.165) is 23.0 Å². The predicted molar refractivity (Wildman–Crippen MR) is 74.1 cm³/mol. The van der Waals surface area contributed by atoms with E-state index < -0.39 is 0 Å². The molecule has 5 heteroatoms. The zero-order valence-electron chi connectivity index (χ0n) is 10.4. The number of nitrogens with one attached hydrogen (secondary N) is 1. The molecule has 18 heavy (non-hydrogen) atoms. The molecule has 2 rings (SSSR count). The summed E-state index contributed by atoms with van der Waals surface area (Å²) in [4.78, 5) is 9.75. The van der Waals surface area contributed by atoms with Crippen LogP contribution in [0.4, 0.5) is 5.82 Å². The first-order valence-electron chi connectivity index (χ1n) is 5.57. The molecule has 0 atom stereocenters. The first-order valence-corrected chi connectivity index (χ1v) is 6.56. The molecule has 0 saturated heterocycles. The van der Waals surface area contributed by atoms with Gasteiger partial charge in [0.05, 0.1) is 25.2 Å². The van der Waals surface area contributed by atoms with Crippen LogP contribution in [0.1, 0.15) is 5.69 Å². The molecule has 0 saturated carbocycles. The van der Waals surface area contributed by atoms with E-state index in [1.807, 2.05) is 31.3 Å². The molecule has 0 unspecified atom stereocenters. The van der Waals surface area contributed by atoms with Gasteiger partial charge in [0.1, 0.15) is 11.6 Å². The van der Waals surface area contributed by atoms with Gasteiger partial charge in [-0.05, 0) is 24.3 Å². The summed E-state index contributed by atoms with van der Waals surface area (Å²) in [5, 5.41) is 2.95. The smallest absolute Gasteiger partial charge is 0.144 e. The third kappa shape index (κ3) is 3.37. The molecule has 0 aliphatic carbocycles. The maximum absolute atomic E-state index is 5.12. The summed E-state index contributed by atoms with van der Waals surface area (Å²) in [5.41, 5.74) is 0.967. The quantitative estimate of drug-likeness (QED) is 0.839. The zero-order chi connectivity index (χ0) is 12.8. The average Bonchev–Trinajstić information content (AvgIpc) is 2.46. The molecule has 0 amide bonds. The summed E-state index contributed by atoms with van der Waals surface area (Å²) >= 11 is 1.73. The highest BCUT2D eigenvalue weighted by atomic mass is 32.2. The van der Waals surface area contributed by atoms with Gasteiger partial charge in [0.15, 0.2) is 0 Å². The van der Waals surface area contributed by atoms with Gasteiger partial charge in [0, 0.05) is 17.7 Å². The number of benzene rings is 1. The number of rotatable bonds is 5. The first kappa shape index (κ1) is 12.7. The normalized spacial score (nSPS) is 10.1. The van der Waals surface area contributed by atoms with Crippen molar-refractivity contribution in [1.29, 1.82) is 0 Å². The van der Waals surface area contributed by atoms with Gasteiger partial charge in [-0.15, -0.1) is 11.8 Å². The van der Waals surface area contributed by atoms with Gasteiger partial charge in [-0.1, -0.05) is 0 Å². The largest absolute Gasteiger partial charge is 0.497 e. The lowest BCUT2D eigenvalue weighted by molar-refractivity contribution is 0.414. The molecule has 0 radical (unpaired) electrons. The molecule has 0 aliphatic rings. The molecule has 0 bridgehead atoms. The molecule has 1 aromatic heterocycles. The van der Waals surface area contributed by atoms with Crippen molar-refractivity contribution in [2.45, 2.75) is 10.6 Å². The fourth-order valence-electron chi connectivity index (χ4n) is 1.39. The number of aromatic nitrogens is 2. The fraction of sp³-hybridized carbons (Fsp3) is 0.231. The Kier molecular flexibility index (Phi) is 4.41. The van der Waals surface area contributed by atoms with E-state index in [9.17, 15) is 0 Å². The van der Waals surface area contributed by atoms with Crippen LogP contribution < -0.4 is 10.1 Å². The van der Waals surface area contributed by atoms with Crippen LogP contribution >= 0.6 is 11.8 Å². The van der Waals surface area contributed by atoms with Crippen LogP contribution in [0.15, 0.2) is 41.6 Å². The Balaban J connectivity index is 1.93. The standard InChI is InChI=1S/C13H15N3OS/c1-14-13-8-15-10(7-16-13)9-18-12-5-3-11(17-2)4-6-12/h3-8H,9H2,1-2H3,(H,14,16). The Labute approximate surface area is 111 Å². The first-order chi connectivity index (χ1) is 8.81. The van der Waals surface area contributed by atoms with E-state index in [4.69, 9.17) is 4.74 Å². The minimum Gasteiger partial charge on any atom is -0.497 e. The SMILES string of the molecule is CNc1cnc(CSc2ccc(OC)cc2)cn1. The van der Waals surface area contributed by atoms with Crippen molar-refractivity contribution in [2.75, 3.05) is 19.5 Å². The van der Waals surface area contributed by atoms with E-state index in [0.29, 0.717) is 0 Å². The third-order valence-electron chi connectivity index (χ3n) is 2.41. The highest BCUT2D eigenvalue weighted by Crippen LogP contribution is 2.24. The highest BCUT2D eigenvalue weighted by molar-refractivity contribution is 7.98. The molecule has 1 heterocycles. The second kappa shape index (κ2) is 6.26. The van der Waals surface area contributed by atoms with Crippen molar-refractivity contribution in [1.82, 2.24) is 9.97 Å². The van der Waals surface area contributed by atoms with Crippen LogP contribution in [0.3, 0.4) is 0 Å². The second-order valence-electron chi connectivity index (χ2n) is 3.61. The van der Waals surface area contributed by atoms with Gasteiger partial charge in [-0.25, -0.2) is 4.98 Å². The number of hydrogen-bond donors (Lipinski definition) is 1. The average molecular weight is 261 g/mol. The molecule has 1 N–H and O–H groups in total. The fourth-order valence-corrected chi connectivity index (χ4v) is 2.18. The molecule has 2 aromatic rings. The Morgan fingerprint density at radius 1 is 1.17 bits per heavy atom. The summed E-state index contributed by atoms with van der Waals surface area (Å²) < 4.78 is 5.12. The molecule has 94 valence electrons. The lowest BCUT2D eigenvalue weighted by Crippen LogP contribution is -1.95. The molecule has 4 nitrogen and oxygen atoms in total. The van der Waals surface area contributed by atoms with Gasteiger partial charge in [0.2, 0.25) is 0 Å². The van der Waals surface area contributed by atoms with Crippen molar-refractivity contribution in [3.8, 4) is 5.75 Å². The topological polar surface area (TPSA) is 47.0 Å². The minimum atomic E-state index is 0.785. The van der Waals surface area contributed by atoms with Crippen LogP contribution in [-0.2, 0) is 5.75 Å². The van der Waals surface area contributed by atoms with Crippen molar-refractivity contribution >= 4 is 17.6 Å². The van der Waals surface area contributed by atoms with Crippen LogP contribution in [0, 0.1) is 0 Å². The Morgan fingerprint density at radius 2 is 1.94 bits per heavy atom. The van der Waals surface area contributed by atoms with E-state index >= 15 is 0 Å². The molecule has 1 aromatic carbocycles. The zero-order valence-corrected chi connectivity index (χ0v) is 11.2. The van der Waals surface area contributed by atoms with Crippen LogP contribution in [0.25, 0.3) is 0 Å². The number of hydrogen-bond acceptors (Lipinski definition) is 5. The number of anilines is 1. The van der Waals surface area contributed by atoms with E-state index in [2.05, 4.69) is 15.3 Å². The van der Waals surface area contributed by atoms with E-state index in [1.54, 1.807) is 31.3 Å². The van der Waals surface area contributed by atoms with Gasteiger partial charge in [-0.3, -0.25) is 4.98 Å². The molecular weight excluding hydrogens is 246 g/mol. The van der Waals surface area contributed by atoms with Crippen molar-refractivity contribution in [3.05, 3.63) is 42.4 Å². The lowest BCUT2D eigenvalue weighted by atomic mass is 10.3. The number of methoxy groups -OCH3 is 1. The van der Waals surface area contributed by atoms with Gasteiger partial charge >= 0.3 is 0 Å². The molecular formula is C13H15N3OS. The molecule has 0 fully saturated rings. The summed E-state index contributed by atoms with van der Waals surface area (Å²) in [7, 11) is 3.50. The Bertz CT molecular complexity index is 437. The number of thioether (sulfide) groups is 1. The Morgan fingerprint density at radius 3 is 2.50 bits per heavy atom. The summed E-state index contributed by atoms with van der Waals surface area (Å²) in [5.74, 6) is 2.47. The lowest BCUT2D eigenvalue weighted by Gasteiger charge is -2.04. The summed E-state index contributed by atoms with van der Waals surface area (Å²) in [6.07, 6.45) is 3.53. The van der Waals surface area contributed by atoms with Crippen molar-refractivity contribution < 1.29 is 4.74 Å². The van der Waals surface area contributed by atoms with Crippen molar-refractivity contribution in [3.63, 3.8) is 0 Å². The predicted octanol–water partition coefficient (Wildman–Crippen LogP) is 2.82. The summed E-state index contributed by atoms with van der Waals surface area (Å²) in [6.45, 7) is 0. The van der Waals surface area contributed by atoms with E-state index in [-0.39, 0.29) is 0 Å². The summed E-state index contributed by atoms with van der Waals surface area (Å²) in [6, 6.07) is 7.99. The monoisotopic (exact) mass is 261 g/mol. The number of ether oxygens (including phenoxy) is 1. The third-order valence-corrected chi connectivity index (χ3v) is 3.45.